The van der Waals surface area contributed by atoms with Crippen LogP contribution in [0.25, 0.3) is 0 Å². The highest BCUT2D eigenvalue weighted by atomic mass is 35.5. The smallest absolute Gasteiger partial charge is 0.286 e. The quantitative estimate of drug-likeness (QED) is 0.611. The van der Waals surface area contributed by atoms with Crippen LogP contribution < -0.4 is 5.32 Å². The molecule has 0 saturated carbocycles. The summed E-state index contributed by atoms with van der Waals surface area (Å²) in [6.07, 6.45) is 1.24. The first-order valence-electron chi connectivity index (χ1n) is 9.02. The first kappa shape index (κ1) is 20.9. The average molecular weight is 467 g/mol. The Hall–Kier alpha value is -2.40. The van der Waals surface area contributed by atoms with Gasteiger partial charge in [0.2, 0.25) is 15.0 Å². The molecule has 1 saturated heterocycles. The summed E-state index contributed by atoms with van der Waals surface area (Å²) in [5.74, 6) is -1.01. The third-order valence-electron chi connectivity index (χ3n) is 4.63. The van der Waals surface area contributed by atoms with Crippen LogP contribution in [0, 0.1) is 5.82 Å². The number of aromatic nitrogens is 2. The van der Waals surface area contributed by atoms with Gasteiger partial charge in [-0.3, -0.25) is 4.79 Å². The van der Waals surface area contributed by atoms with Gasteiger partial charge in [0.15, 0.2) is 0 Å². The van der Waals surface area contributed by atoms with Gasteiger partial charge < -0.3 is 5.32 Å². The van der Waals surface area contributed by atoms with E-state index in [1.165, 1.54) is 46.8 Å². The van der Waals surface area contributed by atoms with E-state index in [2.05, 4.69) is 15.5 Å². The first-order valence-corrected chi connectivity index (χ1v) is 11.7. The Balaban J connectivity index is 1.54. The van der Waals surface area contributed by atoms with Crippen LogP contribution in [0.5, 0.6) is 0 Å². The molecule has 1 fully saturated rings. The van der Waals surface area contributed by atoms with Crippen LogP contribution in [-0.4, -0.2) is 35.4 Å². The fourth-order valence-corrected chi connectivity index (χ4v) is 5.97. The number of amides is 1. The lowest BCUT2D eigenvalue weighted by Crippen LogP contribution is -2.30. The summed E-state index contributed by atoms with van der Waals surface area (Å²) in [4.78, 5) is 12.6. The number of carbonyl (C=O) groups is 1. The molecule has 1 N–H and O–H groups in total. The Morgan fingerprint density at radius 1 is 1.20 bits per heavy atom. The summed E-state index contributed by atoms with van der Waals surface area (Å²) >= 11 is 6.89. The molecular weight excluding hydrogens is 451 g/mol. The van der Waals surface area contributed by atoms with Gasteiger partial charge >= 0.3 is 0 Å². The molecule has 156 valence electrons. The molecule has 1 aromatic heterocycles. The molecule has 0 radical (unpaired) electrons. The maximum absolute atomic E-state index is 13.3. The number of sulfonamides is 1. The van der Waals surface area contributed by atoms with Crippen molar-refractivity contribution in [2.75, 3.05) is 11.9 Å². The van der Waals surface area contributed by atoms with Crippen LogP contribution >= 0.6 is 22.9 Å². The summed E-state index contributed by atoms with van der Waals surface area (Å²) < 4.78 is 40.8. The van der Waals surface area contributed by atoms with Gasteiger partial charge in [-0.2, -0.15) is 4.31 Å². The Kier molecular flexibility index (Phi) is 5.83. The van der Waals surface area contributed by atoms with Gasteiger partial charge in [0, 0.05) is 17.3 Å². The van der Waals surface area contributed by atoms with Gasteiger partial charge in [-0.15, -0.1) is 10.2 Å². The molecule has 3 aromatic rings. The summed E-state index contributed by atoms with van der Waals surface area (Å²) in [6.45, 7) is 0.347. The van der Waals surface area contributed by atoms with E-state index in [1.54, 1.807) is 6.07 Å². The Morgan fingerprint density at radius 2 is 1.97 bits per heavy atom. The van der Waals surface area contributed by atoms with Crippen molar-refractivity contribution < 1.29 is 17.6 Å². The fraction of sp³-hybridized carbons (Fsp3) is 0.211. The topological polar surface area (TPSA) is 92.3 Å². The second-order valence-corrected chi connectivity index (χ2v) is 9.97. The predicted octanol–water partition coefficient (Wildman–Crippen LogP) is 4.11. The van der Waals surface area contributed by atoms with Crippen LogP contribution in [0.3, 0.4) is 0 Å². The van der Waals surface area contributed by atoms with Crippen LogP contribution in [0.1, 0.15) is 33.7 Å². The van der Waals surface area contributed by atoms with E-state index in [0.29, 0.717) is 35.1 Å². The zero-order valence-corrected chi connectivity index (χ0v) is 17.8. The van der Waals surface area contributed by atoms with Gasteiger partial charge in [0.25, 0.3) is 5.91 Å². The van der Waals surface area contributed by atoms with Crippen molar-refractivity contribution in [3.8, 4) is 0 Å². The molecular formula is C19H16ClFN4O3S2. The highest BCUT2D eigenvalue weighted by Gasteiger charge is 2.38. The van der Waals surface area contributed by atoms with Gasteiger partial charge in [0.1, 0.15) is 10.8 Å². The van der Waals surface area contributed by atoms with Gasteiger partial charge in [0.05, 0.1) is 10.9 Å². The molecule has 4 rings (SSSR count). The lowest BCUT2D eigenvalue weighted by atomic mass is 10.2. The van der Waals surface area contributed by atoms with E-state index in [9.17, 15) is 17.6 Å². The van der Waals surface area contributed by atoms with Gasteiger partial charge in [-0.1, -0.05) is 29.0 Å². The number of carbonyl (C=O) groups excluding carboxylic acids is 1. The summed E-state index contributed by atoms with van der Waals surface area (Å²) in [7, 11) is -3.75. The molecule has 0 bridgehead atoms. The monoisotopic (exact) mass is 466 g/mol. The third kappa shape index (κ3) is 4.22. The lowest BCUT2D eigenvalue weighted by Gasteiger charge is -2.22. The van der Waals surface area contributed by atoms with Crippen molar-refractivity contribution in [2.24, 2.45) is 0 Å². The van der Waals surface area contributed by atoms with E-state index in [1.807, 2.05) is 0 Å². The minimum absolute atomic E-state index is 0.0741. The van der Waals surface area contributed by atoms with Crippen molar-refractivity contribution in [3.05, 3.63) is 69.4 Å². The minimum Gasteiger partial charge on any atom is -0.320 e. The van der Waals surface area contributed by atoms with Crippen LogP contribution in [-0.2, 0) is 10.0 Å². The molecule has 30 heavy (non-hydrogen) atoms. The number of hydrogen-bond acceptors (Lipinski definition) is 6. The Labute approximate surface area is 181 Å². The number of hydrogen-bond donors (Lipinski definition) is 1. The number of anilines is 1. The number of rotatable bonds is 5. The minimum atomic E-state index is -3.75. The van der Waals surface area contributed by atoms with E-state index >= 15 is 0 Å². The molecule has 1 unspecified atom stereocenters. The lowest BCUT2D eigenvalue weighted by molar-refractivity contribution is 0.102. The molecule has 1 aliphatic rings. The number of benzene rings is 2. The molecule has 0 aliphatic carbocycles. The maximum Gasteiger partial charge on any atom is 0.286 e. The molecule has 2 aromatic carbocycles. The highest BCUT2D eigenvalue weighted by Crippen LogP contribution is 2.38. The number of nitrogens with one attached hydrogen (secondary N) is 1. The Morgan fingerprint density at radius 3 is 2.70 bits per heavy atom. The summed E-state index contributed by atoms with van der Waals surface area (Å²) in [5.41, 5.74) is 0.296. The van der Waals surface area contributed by atoms with Crippen LogP contribution in [0.15, 0.2) is 53.4 Å². The molecule has 0 spiro atoms. The van der Waals surface area contributed by atoms with Gasteiger partial charge in [-0.05, 0) is 55.3 Å². The summed E-state index contributed by atoms with van der Waals surface area (Å²) in [6, 6.07) is 11.0. The first-order chi connectivity index (χ1) is 14.3. The Bertz CT molecular complexity index is 1180. The van der Waals surface area contributed by atoms with E-state index < -0.39 is 27.8 Å². The number of halogens is 2. The van der Waals surface area contributed by atoms with Crippen LogP contribution in [0.2, 0.25) is 5.02 Å². The fourth-order valence-electron chi connectivity index (χ4n) is 3.23. The third-order valence-corrected chi connectivity index (χ3v) is 7.82. The maximum atomic E-state index is 13.3. The SMILES string of the molecule is O=C(Nc1cccc(F)c1)c1nnc(C2CCCN2S(=O)(=O)c2ccc(Cl)cc2)s1. The normalized spacial score (nSPS) is 17.2. The summed E-state index contributed by atoms with van der Waals surface area (Å²) in [5, 5.41) is 11.5. The second kappa shape index (κ2) is 8.38. The largest absolute Gasteiger partial charge is 0.320 e. The zero-order chi connectivity index (χ0) is 21.3. The predicted molar refractivity (Wildman–Crippen MR) is 112 cm³/mol. The molecule has 7 nitrogen and oxygen atoms in total. The van der Waals surface area contributed by atoms with Gasteiger partial charge in [-0.25, -0.2) is 12.8 Å². The van der Waals surface area contributed by atoms with E-state index in [-0.39, 0.29) is 9.90 Å². The molecule has 1 atom stereocenters. The van der Waals surface area contributed by atoms with Crippen molar-refractivity contribution in [1.29, 1.82) is 0 Å². The molecule has 1 aliphatic heterocycles. The second-order valence-electron chi connectivity index (χ2n) is 6.64. The number of nitrogens with zero attached hydrogens (tertiary/aromatic N) is 3. The molecule has 2 heterocycles. The van der Waals surface area contributed by atoms with Crippen molar-refractivity contribution in [1.82, 2.24) is 14.5 Å². The van der Waals surface area contributed by atoms with Crippen molar-refractivity contribution in [2.45, 2.75) is 23.8 Å². The van der Waals surface area contributed by atoms with Crippen LogP contribution in [0.4, 0.5) is 10.1 Å². The van der Waals surface area contributed by atoms with E-state index in [4.69, 9.17) is 11.6 Å². The highest BCUT2D eigenvalue weighted by molar-refractivity contribution is 7.89. The zero-order valence-electron chi connectivity index (χ0n) is 15.5. The average Bonchev–Trinajstić information content (AvgIpc) is 3.38. The molecule has 11 heteroatoms. The van der Waals surface area contributed by atoms with Crippen molar-refractivity contribution in [3.63, 3.8) is 0 Å². The van der Waals surface area contributed by atoms with E-state index in [0.717, 1.165) is 11.3 Å². The molecule has 1 amide bonds. The van der Waals surface area contributed by atoms with Crippen molar-refractivity contribution >= 4 is 44.6 Å². The standard InChI is InChI=1S/C19H16ClFN4O3S2/c20-12-6-8-15(9-7-12)30(27,28)25-10-2-5-16(25)18-23-24-19(29-18)17(26)22-14-4-1-3-13(21)11-14/h1,3-4,6-9,11,16H,2,5,10H2,(H,22,26).